The second kappa shape index (κ2) is 19.1. The molecule has 0 aliphatic carbocycles. The van der Waals surface area contributed by atoms with Gasteiger partial charge in [-0.25, -0.2) is 0 Å². The van der Waals surface area contributed by atoms with Crippen molar-refractivity contribution >= 4 is 16.9 Å². The Bertz CT molecular complexity index is 228. The smallest absolute Gasteiger partial charge is 0.188 e. The van der Waals surface area contributed by atoms with E-state index in [4.69, 9.17) is 0 Å². The Kier molecular flexibility index (Phi) is 19.1. The molecule has 2 heteroatoms. The molecule has 0 atom stereocenters. The molecule has 0 saturated heterocycles. The number of rotatable bonds is 17. The summed E-state index contributed by atoms with van der Waals surface area (Å²) in [5.41, 5.74) is 0. The summed E-state index contributed by atoms with van der Waals surface area (Å²) in [4.78, 5) is 11.3. The van der Waals surface area contributed by atoms with Crippen LogP contribution in [0.15, 0.2) is 0 Å². The van der Waals surface area contributed by atoms with Gasteiger partial charge in [0.15, 0.2) is 5.12 Å². The first-order valence-electron chi connectivity index (χ1n) is 9.96. The molecule has 0 aromatic rings. The van der Waals surface area contributed by atoms with Gasteiger partial charge in [0, 0.05) is 6.42 Å². The van der Waals surface area contributed by atoms with Crippen LogP contribution in [-0.4, -0.2) is 10.9 Å². The Balaban J connectivity index is 3.01. The third kappa shape index (κ3) is 18.1. The molecule has 0 aliphatic rings. The zero-order chi connectivity index (χ0) is 16.3. The van der Waals surface area contributed by atoms with Crippen LogP contribution >= 0.6 is 11.8 Å². The van der Waals surface area contributed by atoms with Gasteiger partial charge in [0.25, 0.3) is 0 Å². The van der Waals surface area contributed by atoms with Crippen LogP contribution in [-0.2, 0) is 4.79 Å². The highest BCUT2D eigenvalue weighted by atomic mass is 32.2. The van der Waals surface area contributed by atoms with Crippen molar-refractivity contribution in [3.05, 3.63) is 0 Å². The average Bonchev–Trinajstić information content (AvgIpc) is 2.51. The lowest BCUT2D eigenvalue weighted by atomic mass is 10.0. The van der Waals surface area contributed by atoms with Crippen molar-refractivity contribution < 1.29 is 4.79 Å². The first-order valence-corrected chi connectivity index (χ1v) is 11.0. The molecule has 0 amide bonds. The van der Waals surface area contributed by atoms with Crippen LogP contribution in [0.3, 0.4) is 0 Å². The first-order chi connectivity index (χ1) is 10.8. The lowest BCUT2D eigenvalue weighted by Crippen LogP contribution is -1.92. The van der Waals surface area contributed by atoms with E-state index in [2.05, 4.69) is 13.8 Å². The third-order valence-electron chi connectivity index (χ3n) is 4.29. The number of carbonyl (C=O) groups is 1. The summed E-state index contributed by atoms with van der Waals surface area (Å²) in [5, 5.41) is 0.386. The Morgan fingerprint density at radius 3 is 1.32 bits per heavy atom. The second-order valence-corrected chi connectivity index (χ2v) is 7.83. The summed E-state index contributed by atoms with van der Waals surface area (Å²) in [6.07, 6.45) is 21.5. The fraction of sp³-hybridized carbons (Fsp3) is 0.950. The van der Waals surface area contributed by atoms with E-state index in [1.165, 1.54) is 102 Å². The summed E-state index contributed by atoms with van der Waals surface area (Å²) >= 11 is 1.48. The summed E-state index contributed by atoms with van der Waals surface area (Å²) in [5.74, 6) is 0.928. The first kappa shape index (κ1) is 22.0. The molecule has 0 unspecified atom stereocenters. The fourth-order valence-electron chi connectivity index (χ4n) is 2.87. The minimum atomic E-state index is 0.386. The van der Waals surface area contributed by atoms with Crippen LogP contribution in [0, 0.1) is 0 Å². The van der Waals surface area contributed by atoms with Gasteiger partial charge in [-0.15, -0.1) is 0 Å². The highest BCUT2D eigenvalue weighted by Crippen LogP contribution is 2.14. The largest absolute Gasteiger partial charge is 0.287 e. The molecule has 1 nitrogen and oxygen atoms in total. The molecule has 132 valence electrons. The highest BCUT2D eigenvalue weighted by molar-refractivity contribution is 8.13. The molecule has 0 bridgehead atoms. The van der Waals surface area contributed by atoms with E-state index in [0.717, 1.165) is 18.6 Å². The predicted molar refractivity (Wildman–Crippen MR) is 103 cm³/mol. The number of hydrogen-bond donors (Lipinski definition) is 0. The van der Waals surface area contributed by atoms with E-state index in [0.29, 0.717) is 5.12 Å². The summed E-state index contributed by atoms with van der Waals surface area (Å²) in [6.45, 7) is 4.33. The van der Waals surface area contributed by atoms with Crippen molar-refractivity contribution in [2.75, 3.05) is 5.75 Å². The minimum Gasteiger partial charge on any atom is -0.287 e. The van der Waals surface area contributed by atoms with E-state index in [9.17, 15) is 4.79 Å². The number of hydrogen-bond acceptors (Lipinski definition) is 2. The van der Waals surface area contributed by atoms with Crippen LogP contribution in [0.2, 0.25) is 0 Å². The van der Waals surface area contributed by atoms with Crippen LogP contribution in [0.5, 0.6) is 0 Å². The zero-order valence-corrected chi connectivity index (χ0v) is 16.2. The molecule has 0 fully saturated rings. The van der Waals surface area contributed by atoms with Crippen molar-refractivity contribution in [3.63, 3.8) is 0 Å². The van der Waals surface area contributed by atoms with E-state index in [1.54, 1.807) is 0 Å². The molecule has 0 aliphatic heterocycles. The molecule has 0 rings (SSSR count). The van der Waals surface area contributed by atoms with Gasteiger partial charge >= 0.3 is 0 Å². The molecule has 0 radical (unpaired) electrons. The Labute approximate surface area is 144 Å². The van der Waals surface area contributed by atoms with Gasteiger partial charge in [0.05, 0.1) is 0 Å². The average molecular weight is 329 g/mol. The Morgan fingerprint density at radius 2 is 0.955 bits per heavy atom. The molecule has 0 N–H and O–H groups in total. The molecular formula is C20H40OS. The van der Waals surface area contributed by atoms with Gasteiger partial charge in [-0.05, 0) is 12.2 Å². The predicted octanol–water partition coefficient (Wildman–Crippen LogP) is 7.53. The second-order valence-electron chi connectivity index (χ2n) is 6.50. The van der Waals surface area contributed by atoms with Gasteiger partial charge in [0.1, 0.15) is 0 Å². The van der Waals surface area contributed by atoms with Crippen LogP contribution in [0.25, 0.3) is 0 Å². The Hall–Kier alpha value is 0.0200. The van der Waals surface area contributed by atoms with Crippen molar-refractivity contribution in [1.82, 2.24) is 0 Å². The van der Waals surface area contributed by atoms with E-state index in [1.807, 2.05) is 0 Å². The van der Waals surface area contributed by atoms with Crippen molar-refractivity contribution in [2.24, 2.45) is 0 Å². The van der Waals surface area contributed by atoms with Crippen LogP contribution in [0.1, 0.15) is 117 Å². The summed E-state index contributed by atoms with van der Waals surface area (Å²) in [7, 11) is 0. The zero-order valence-electron chi connectivity index (χ0n) is 15.3. The highest BCUT2D eigenvalue weighted by Gasteiger charge is 2.00. The van der Waals surface area contributed by atoms with E-state index >= 15 is 0 Å². The maximum absolute atomic E-state index is 11.3. The number of thioether (sulfide) groups is 1. The van der Waals surface area contributed by atoms with E-state index < -0.39 is 0 Å². The van der Waals surface area contributed by atoms with Gasteiger partial charge in [-0.2, -0.15) is 0 Å². The van der Waals surface area contributed by atoms with Gasteiger partial charge in [-0.3, -0.25) is 4.79 Å². The maximum Gasteiger partial charge on any atom is 0.188 e. The molecule has 0 saturated carbocycles. The fourth-order valence-corrected chi connectivity index (χ4v) is 3.48. The minimum absolute atomic E-state index is 0.386. The maximum atomic E-state index is 11.3. The molecule has 0 aromatic carbocycles. The molecule has 0 spiro atoms. The van der Waals surface area contributed by atoms with Gasteiger partial charge < -0.3 is 0 Å². The van der Waals surface area contributed by atoms with E-state index in [-0.39, 0.29) is 0 Å². The summed E-state index contributed by atoms with van der Waals surface area (Å²) in [6, 6.07) is 0. The lowest BCUT2D eigenvalue weighted by molar-refractivity contribution is -0.111. The van der Waals surface area contributed by atoms with Crippen molar-refractivity contribution in [2.45, 2.75) is 117 Å². The van der Waals surface area contributed by atoms with Crippen molar-refractivity contribution in [3.8, 4) is 0 Å². The third-order valence-corrected chi connectivity index (χ3v) is 5.10. The SMILES string of the molecule is CCCCCCCCCCCCCCCCCC(=O)SCC. The monoisotopic (exact) mass is 328 g/mol. The normalized spacial score (nSPS) is 11.0. The number of unbranched alkanes of at least 4 members (excludes halogenated alkanes) is 14. The Morgan fingerprint density at radius 1 is 0.591 bits per heavy atom. The molecule has 22 heavy (non-hydrogen) atoms. The van der Waals surface area contributed by atoms with Gasteiger partial charge in [0.2, 0.25) is 0 Å². The quantitative estimate of drug-likeness (QED) is 0.257. The van der Waals surface area contributed by atoms with Gasteiger partial charge in [-0.1, -0.05) is 116 Å². The van der Waals surface area contributed by atoms with Crippen molar-refractivity contribution in [1.29, 1.82) is 0 Å². The number of carbonyl (C=O) groups excluding carboxylic acids is 1. The van der Waals surface area contributed by atoms with Crippen LogP contribution in [0.4, 0.5) is 0 Å². The summed E-state index contributed by atoms with van der Waals surface area (Å²) < 4.78 is 0. The topological polar surface area (TPSA) is 17.1 Å². The molecule has 0 aromatic heterocycles. The molecule has 0 heterocycles. The standard InChI is InChI=1S/C20H40OS/c1-3-5-6-7-8-9-10-11-12-13-14-15-16-17-18-19-20(21)22-4-2/h3-19H2,1-2H3. The van der Waals surface area contributed by atoms with Crippen LogP contribution < -0.4 is 0 Å². The molecular weight excluding hydrogens is 288 g/mol. The lowest BCUT2D eigenvalue weighted by Gasteiger charge is -2.03.